The number of esters is 2. The van der Waals surface area contributed by atoms with Crippen LogP contribution >= 0.6 is 0 Å². The molecule has 3 fully saturated rings. The number of anilines is 1. The Morgan fingerprint density at radius 2 is 0.940 bits per heavy atom. The number of halogens is 3. The molecular formula is C53H66F3N3O8. The molecule has 2 amide bonds. The molecule has 6 atom stereocenters. The van der Waals surface area contributed by atoms with Gasteiger partial charge < -0.3 is 24.2 Å². The van der Waals surface area contributed by atoms with Gasteiger partial charge in [-0.05, 0) is 95.9 Å². The van der Waals surface area contributed by atoms with Crippen LogP contribution in [0.4, 0.5) is 18.9 Å². The lowest BCUT2D eigenvalue weighted by Gasteiger charge is -2.34. The zero-order valence-electron chi connectivity index (χ0n) is 40.1. The van der Waals surface area contributed by atoms with Crippen molar-refractivity contribution in [3.05, 3.63) is 101 Å². The molecule has 0 radical (unpaired) electrons. The van der Waals surface area contributed by atoms with Crippen LogP contribution in [0, 0.1) is 22.7 Å². The summed E-state index contributed by atoms with van der Waals surface area (Å²) < 4.78 is 50.9. The van der Waals surface area contributed by atoms with Gasteiger partial charge in [0.25, 0.3) is 0 Å². The number of amides is 2. The number of carbonyl (C=O) groups excluding carboxylic acids is 6. The van der Waals surface area contributed by atoms with Crippen molar-refractivity contribution in [2.45, 2.75) is 136 Å². The largest absolute Gasteiger partial charge is 0.469 e. The highest BCUT2D eigenvalue weighted by Gasteiger charge is 2.44. The number of ketones is 2. The fourth-order valence-electron chi connectivity index (χ4n) is 10.2. The Bertz CT molecular complexity index is 2130. The highest BCUT2D eigenvalue weighted by atomic mass is 19.4. The molecule has 3 aromatic rings. The molecule has 3 aliphatic heterocycles. The maximum Gasteiger partial charge on any atom is 0.416 e. The Labute approximate surface area is 392 Å². The first-order chi connectivity index (χ1) is 31.5. The van der Waals surface area contributed by atoms with Gasteiger partial charge >= 0.3 is 18.1 Å². The van der Waals surface area contributed by atoms with Gasteiger partial charge in [0.15, 0.2) is 11.6 Å². The van der Waals surface area contributed by atoms with Crippen LogP contribution in [0.1, 0.15) is 133 Å². The van der Waals surface area contributed by atoms with E-state index in [1.807, 2.05) is 90.1 Å². The molecule has 0 aliphatic carbocycles. The summed E-state index contributed by atoms with van der Waals surface area (Å²) in [5, 5.41) is 0. The highest BCUT2D eigenvalue weighted by Crippen LogP contribution is 2.48. The summed E-state index contributed by atoms with van der Waals surface area (Å²) in [5.74, 6) is -2.84. The third-order valence-electron chi connectivity index (χ3n) is 14.1. The number of benzene rings is 3. The number of nitrogens with zero attached hydrogens (tertiary/aromatic N) is 3. The SMILES string of the molecule is COC(=O)C[C@H](C(=O)N1CCC[C@H]1C(=O)Cc1ccc([C@@H]2CC[C@@H](c3ccc(CC(=O)[C@@H]4CCCN4C(=O)[C@@H](CC(=O)OC)C(C)(C)C)cc3)N2c2ccc(C(F)(F)F)cc2)cc1)C(C)(C)C. The van der Waals surface area contributed by atoms with Crippen LogP contribution in [-0.4, -0.2) is 84.5 Å². The van der Waals surface area contributed by atoms with Gasteiger partial charge in [0, 0.05) is 31.6 Å². The molecule has 0 unspecified atom stereocenters. The van der Waals surface area contributed by atoms with Crippen molar-refractivity contribution >= 4 is 41.0 Å². The minimum absolute atomic E-state index is 0.0693. The number of ether oxygens (including phenoxy) is 2. The summed E-state index contributed by atoms with van der Waals surface area (Å²) in [6, 6.07) is 19.0. The first-order valence-electron chi connectivity index (χ1n) is 23.4. The molecule has 0 N–H and O–H groups in total. The van der Waals surface area contributed by atoms with Gasteiger partial charge in [-0.1, -0.05) is 90.1 Å². The molecule has 67 heavy (non-hydrogen) atoms. The van der Waals surface area contributed by atoms with Crippen LogP contribution in [0.3, 0.4) is 0 Å². The van der Waals surface area contributed by atoms with E-state index in [1.165, 1.54) is 26.4 Å². The van der Waals surface area contributed by atoms with Crippen LogP contribution < -0.4 is 4.90 Å². The Balaban J connectivity index is 1.18. The average Bonchev–Trinajstić information content (AvgIpc) is 4.07. The minimum atomic E-state index is -4.50. The van der Waals surface area contributed by atoms with E-state index in [-0.39, 0.29) is 61.1 Å². The number of hydrogen-bond acceptors (Lipinski definition) is 9. The van der Waals surface area contributed by atoms with Crippen LogP contribution in [0.5, 0.6) is 0 Å². The summed E-state index contributed by atoms with van der Waals surface area (Å²) in [5.41, 5.74) is 2.25. The van der Waals surface area contributed by atoms with Gasteiger partial charge in [-0.25, -0.2) is 0 Å². The molecule has 3 heterocycles. The minimum Gasteiger partial charge on any atom is -0.469 e. The number of alkyl halides is 3. The van der Waals surface area contributed by atoms with Gasteiger partial charge in [-0.3, -0.25) is 28.8 Å². The Kier molecular flexibility index (Phi) is 15.8. The lowest BCUT2D eigenvalue weighted by Crippen LogP contribution is -2.47. The molecule has 11 nitrogen and oxygen atoms in total. The average molecular weight is 930 g/mol. The molecule has 3 aliphatic rings. The van der Waals surface area contributed by atoms with Crippen molar-refractivity contribution in [1.29, 1.82) is 0 Å². The number of rotatable bonds is 15. The zero-order chi connectivity index (χ0) is 49.0. The molecule has 0 aromatic heterocycles. The number of methoxy groups -OCH3 is 2. The second-order valence-corrected chi connectivity index (χ2v) is 20.6. The van der Waals surface area contributed by atoms with Crippen molar-refractivity contribution in [2.24, 2.45) is 22.7 Å². The molecule has 0 spiro atoms. The van der Waals surface area contributed by atoms with Crippen molar-refractivity contribution in [1.82, 2.24) is 9.80 Å². The molecule has 6 rings (SSSR count). The normalized spacial score (nSPS) is 21.0. The molecule has 0 saturated carbocycles. The Morgan fingerprint density at radius 1 is 0.567 bits per heavy atom. The first-order valence-corrected chi connectivity index (χ1v) is 23.4. The topological polar surface area (TPSA) is 131 Å². The summed E-state index contributed by atoms with van der Waals surface area (Å²) in [7, 11) is 2.59. The van der Waals surface area contributed by atoms with Crippen molar-refractivity contribution in [2.75, 3.05) is 32.2 Å². The van der Waals surface area contributed by atoms with Crippen LogP contribution in [0.15, 0.2) is 72.8 Å². The van der Waals surface area contributed by atoms with E-state index in [0.29, 0.717) is 57.3 Å². The highest BCUT2D eigenvalue weighted by molar-refractivity contribution is 5.94. The van der Waals surface area contributed by atoms with Gasteiger partial charge in [-0.2, -0.15) is 13.2 Å². The predicted molar refractivity (Wildman–Crippen MR) is 248 cm³/mol. The predicted octanol–water partition coefficient (Wildman–Crippen LogP) is 9.44. The van der Waals surface area contributed by atoms with Crippen molar-refractivity contribution in [3.8, 4) is 0 Å². The Hall–Kier alpha value is -5.53. The first kappa shape index (κ1) is 50.9. The van der Waals surface area contributed by atoms with Gasteiger partial charge in [-0.15, -0.1) is 0 Å². The van der Waals surface area contributed by atoms with Crippen LogP contribution in [-0.2, 0) is 57.3 Å². The fourth-order valence-corrected chi connectivity index (χ4v) is 10.2. The number of Topliss-reactive ketones (excluding diaryl/α,β-unsaturated/α-hetero) is 2. The van der Waals surface area contributed by atoms with Gasteiger partial charge in [0.05, 0.1) is 68.6 Å². The van der Waals surface area contributed by atoms with Gasteiger partial charge in [0.2, 0.25) is 11.8 Å². The van der Waals surface area contributed by atoms with Crippen LogP contribution in [0.2, 0.25) is 0 Å². The summed E-state index contributed by atoms with van der Waals surface area (Å²) in [6.07, 6.45) is -0.584. The Morgan fingerprint density at radius 3 is 1.27 bits per heavy atom. The van der Waals surface area contributed by atoms with E-state index in [9.17, 15) is 41.9 Å². The molecular weight excluding hydrogens is 864 g/mol. The fraction of sp³-hybridized carbons (Fsp3) is 0.547. The molecule has 3 aromatic carbocycles. The van der Waals surface area contributed by atoms with Crippen LogP contribution in [0.25, 0.3) is 0 Å². The zero-order valence-corrected chi connectivity index (χ0v) is 40.1. The maximum absolute atomic E-state index is 13.8. The summed E-state index contributed by atoms with van der Waals surface area (Å²) >= 11 is 0. The van der Waals surface area contributed by atoms with E-state index in [2.05, 4.69) is 4.90 Å². The van der Waals surface area contributed by atoms with E-state index in [1.54, 1.807) is 9.80 Å². The van der Waals surface area contributed by atoms with Gasteiger partial charge in [0.1, 0.15) is 0 Å². The molecule has 0 bridgehead atoms. The monoisotopic (exact) mass is 929 g/mol. The van der Waals surface area contributed by atoms with E-state index in [4.69, 9.17) is 9.47 Å². The standard InChI is InChI=1S/C53H66F3N3O8/c1-51(2,3)39(31-47(62)66-7)49(64)57-27-9-11-43(57)45(60)29-33-13-17-35(18-14-33)41-25-26-42(59(41)38-23-21-37(22-24-38)53(54,55)56)36-19-15-34(16-20-36)30-46(61)44-12-10-28-58(44)50(65)40(52(4,5)6)32-48(63)67-8/h13-24,39-44H,9-12,25-32H2,1-8H3/t39-,40-,41+,42+,43+,44+/m1/s1. The number of likely N-dealkylation sites (tertiary alicyclic amines) is 2. The second-order valence-electron chi connectivity index (χ2n) is 20.6. The summed E-state index contributed by atoms with van der Waals surface area (Å²) in [6.45, 7) is 12.3. The molecule has 3 saturated heterocycles. The lowest BCUT2D eigenvalue weighted by molar-refractivity contribution is -0.151. The quantitative estimate of drug-likeness (QED) is 0.137. The maximum atomic E-state index is 13.8. The molecule has 362 valence electrons. The van der Waals surface area contributed by atoms with E-state index >= 15 is 0 Å². The number of carbonyl (C=O) groups is 6. The second kappa shape index (κ2) is 20.8. The third-order valence-corrected chi connectivity index (χ3v) is 14.1. The number of hydrogen-bond donors (Lipinski definition) is 0. The smallest absolute Gasteiger partial charge is 0.416 e. The third kappa shape index (κ3) is 12.0. The van der Waals surface area contributed by atoms with Crippen molar-refractivity contribution < 1.29 is 51.4 Å². The van der Waals surface area contributed by atoms with E-state index < -0.39 is 58.4 Å². The molecule has 14 heteroatoms. The summed E-state index contributed by atoms with van der Waals surface area (Å²) in [4.78, 5) is 85.2. The lowest BCUT2D eigenvalue weighted by atomic mass is 9.77. The van der Waals surface area contributed by atoms with Crippen molar-refractivity contribution in [3.63, 3.8) is 0 Å². The van der Waals surface area contributed by atoms with E-state index in [0.717, 1.165) is 34.4 Å².